The summed E-state index contributed by atoms with van der Waals surface area (Å²) in [5.74, 6) is 0.719. The van der Waals surface area contributed by atoms with Crippen LogP contribution in [0.4, 0.5) is 0 Å². The Hall–Kier alpha value is -0.810. The number of hydrogen-bond donors (Lipinski definition) is 3. The summed E-state index contributed by atoms with van der Waals surface area (Å²) in [6.07, 6.45) is 6.03. The van der Waals surface area contributed by atoms with Crippen molar-refractivity contribution < 1.29 is 9.59 Å². The third-order valence-electron chi connectivity index (χ3n) is 3.32. The molecule has 0 bridgehead atoms. The molecular formula is C13H26ClN3O2. The number of amides is 2. The van der Waals surface area contributed by atoms with Gasteiger partial charge in [-0.1, -0.05) is 12.8 Å². The second-order valence-electron chi connectivity index (χ2n) is 4.91. The van der Waals surface area contributed by atoms with Crippen molar-refractivity contribution in [3.05, 3.63) is 0 Å². The maximum absolute atomic E-state index is 11.6. The number of carbonyl (C=O) groups excluding carboxylic acids is 2. The summed E-state index contributed by atoms with van der Waals surface area (Å²) in [4.78, 5) is 22.8. The molecule has 3 N–H and O–H groups in total. The first-order valence-corrected chi connectivity index (χ1v) is 6.90. The van der Waals surface area contributed by atoms with Gasteiger partial charge in [-0.2, -0.15) is 0 Å². The van der Waals surface area contributed by atoms with Crippen molar-refractivity contribution >= 4 is 24.2 Å². The van der Waals surface area contributed by atoms with E-state index in [1.165, 1.54) is 25.7 Å². The molecule has 0 aromatic carbocycles. The van der Waals surface area contributed by atoms with Crippen molar-refractivity contribution in [2.24, 2.45) is 5.92 Å². The number of rotatable bonds is 8. The van der Waals surface area contributed by atoms with Gasteiger partial charge < -0.3 is 16.0 Å². The highest BCUT2D eigenvalue weighted by molar-refractivity contribution is 5.85. The number of carbonyl (C=O) groups is 2. The predicted molar refractivity (Wildman–Crippen MR) is 78.4 cm³/mol. The SMILES string of the molecule is CNCCC(=O)NCCNC(=O)CC1CCCC1.Cl. The lowest BCUT2D eigenvalue weighted by Gasteiger charge is -2.10. The molecule has 2 amide bonds. The van der Waals surface area contributed by atoms with Crippen LogP contribution in [0.3, 0.4) is 0 Å². The Bertz CT molecular complexity index is 269. The Kier molecular flexibility index (Phi) is 10.6. The molecule has 5 nitrogen and oxygen atoms in total. The summed E-state index contributed by atoms with van der Waals surface area (Å²) in [7, 11) is 1.82. The lowest BCUT2D eigenvalue weighted by Crippen LogP contribution is -2.35. The molecule has 1 aliphatic carbocycles. The first-order chi connectivity index (χ1) is 8.72. The molecule has 112 valence electrons. The van der Waals surface area contributed by atoms with E-state index in [9.17, 15) is 9.59 Å². The van der Waals surface area contributed by atoms with Gasteiger partial charge in [0.05, 0.1) is 0 Å². The van der Waals surface area contributed by atoms with Gasteiger partial charge in [-0.3, -0.25) is 9.59 Å². The minimum atomic E-state index is 0. The maximum atomic E-state index is 11.6. The molecule has 0 saturated heterocycles. The monoisotopic (exact) mass is 291 g/mol. The molecular weight excluding hydrogens is 266 g/mol. The van der Waals surface area contributed by atoms with Crippen LogP contribution in [0.25, 0.3) is 0 Å². The van der Waals surface area contributed by atoms with Crippen molar-refractivity contribution in [2.75, 3.05) is 26.7 Å². The highest BCUT2D eigenvalue weighted by atomic mass is 35.5. The average Bonchev–Trinajstić information content (AvgIpc) is 2.85. The van der Waals surface area contributed by atoms with E-state index in [0.29, 0.717) is 38.4 Å². The third-order valence-corrected chi connectivity index (χ3v) is 3.32. The standard InChI is InChI=1S/C13H25N3O2.ClH/c1-14-7-6-12(17)15-8-9-16-13(18)10-11-4-2-3-5-11;/h11,14H,2-10H2,1H3,(H,15,17)(H,16,18);1H. The van der Waals surface area contributed by atoms with E-state index < -0.39 is 0 Å². The van der Waals surface area contributed by atoms with Crippen LogP contribution in [0.2, 0.25) is 0 Å². The molecule has 0 unspecified atom stereocenters. The molecule has 0 aromatic heterocycles. The fourth-order valence-corrected chi connectivity index (χ4v) is 2.28. The number of hydrogen-bond acceptors (Lipinski definition) is 3. The smallest absolute Gasteiger partial charge is 0.221 e. The van der Waals surface area contributed by atoms with Gasteiger partial charge in [-0.05, 0) is 25.8 Å². The number of halogens is 1. The molecule has 0 aromatic rings. The van der Waals surface area contributed by atoms with E-state index in [2.05, 4.69) is 16.0 Å². The Labute approximate surface area is 121 Å². The summed E-state index contributed by atoms with van der Waals surface area (Å²) in [5, 5.41) is 8.54. The fraction of sp³-hybridized carbons (Fsp3) is 0.846. The highest BCUT2D eigenvalue weighted by Crippen LogP contribution is 2.27. The van der Waals surface area contributed by atoms with E-state index in [1.807, 2.05) is 7.05 Å². The summed E-state index contributed by atoms with van der Waals surface area (Å²) < 4.78 is 0. The first kappa shape index (κ1) is 18.2. The summed E-state index contributed by atoms with van der Waals surface area (Å²) in [5.41, 5.74) is 0. The zero-order chi connectivity index (χ0) is 13.2. The number of nitrogens with one attached hydrogen (secondary N) is 3. The van der Waals surface area contributed by atoms with Crippen LogP contribution < -0.4 is 16.0 Å². The molecule has 1 saturated carbocycles. The van der Waals surface area contributed by atoms with Gasteiger partial charge in [0.25, 0.3) is 0 Å². The van der Waals surface area contributed by atoms with Gasteiger partial charge in [0.2, 0.25) is 11.8 Å². The van der Waals surface area contributed by atoms with E-state index >= 15 is 0 Å². The molecule has 1 fully saturated rings. The average molecular weight is 292 g/mol. The molecule has 6 heteroatoms. The second-order valence-corrected chi connectivity index (χ2v) is 4.91. The van der Waals surface area contributed by atoms with Gasteiger partial charge in [0.15, 0.2) is 0 Å². The Balaban J connectivity index is 0.00000324. The maximum Gasteiger partial charge on any atom is 0.221 e. The van der Waals surface area contributed by atoms with Crippen LogP contribution in [-0.4, -0.2) is 38.5 Å². The van der Waals surface area contributed by atoms with Crippen molar-refractivity contribution in [3.8, 4) is 0 Å². The molecule has 1 aliphatic rings. The topological polar surface area (TPSA) is 70.2 Å². The van der Waals surface area contributed by atoms with Crippen molar-refractivity contribution in [3.63, 3.8) is 0 Å². The summed E-state index contributed by atoms with van der Waals surface area (Å²) in [6, 6.07) is 0. The minimum Gasteiger partial charge on any atom is -0.354 e. The molecule has 0 atom stereocenters. The largest absolute Gasteiger partial charge is 0.354 e. The third kappa shape index (κ3) is 8.83. The Morgan fingerprint density at radius 2 is 1.58 bits per heavy atom. The second kappa shape index (κ2) is 11.1. The zero-order valence-electron chi connectivity index (χ0n) is 11.7. The molecule has 0 spiro atoms. The van der Waals surface area contributed by atoms with Crippen molar-refractivity contribution in [2.45, 2.75) is 38.5 Å². The Morgan fingerprint density at radius 1 is 1.00 bits per heavy atom. The van der Waals surface area contributed by atoms with Crippen molar-refractivity contribution in [1.82, 2.24) is 16.0 Å². The van der Waals surface area contributed by atoms with Crippen molar-refractivity contribution in [1.29, 1.82) is 0 Å². The van der Waals surface area contributed by atoms with Crippen LogP contribution in [0.1, 0.15) is 38.5 Å². The van der Waals surface area contributed by atoms with Gasteiger partial charge in [0.1, 0.15) is 0 Å². The normalized spacial score (nSPS) is 14.8. The van der Waals surface area contributed by atoms with Crippen LogP contribution in [0, 0.1) is 5.92 Å². The van der Waals surface area contributed by atoms with Gasteiger partial charge in [-0.25, -0.2) is 0 Å². The quantitative estimate of drug-likeness (QED) is 0.580. The highest BCUT2D eigenvalue weighted by Gasteiger charge is 2.17. The summed E-state index contributed by atoms with van der Waals surface area (Å²) in [6.45, 7) is 1.72. The summed E-state index contributed by atoms with van der Waals surface area (Å²) >= 11 is 0. The van der Waals surface area contributed by atoms with Gasteiger partial charge >= 0.3 is 0 Å². The van der Waals surface area contributed by atoms with Crippen LogP contribution in [-0.2, 0) is 9.59 Å². The lowest BCUT2D eigenvalue weighted by molar-refractivity contribution is -0.123. The molecule has 0 aliphatic heterocycles. The van der Waals surface area contributed by atoms with E-state index in [4.69, 9.17) is 0 Å². The molecule has 0 radical (unpaired) electrons. The van der Waals surface area contributed by atoms with Crippen LogP contribution in [0.5, 0.6) is 0 Å². The van der Waals surface area contributed by atoms with Gasteiger partial charge in [-0.15, -0.1) is 12.4 Å². The first-order valence-electron chi connectivity index (χ1n) is 6.90. The lowest BCUT2D eigenvalue weighted by atomic mass is 10.0. The molecule has 1 rings (SSSR count). The van der Waals surface area contributed by atoms with E-state index in [-0.39, 0.29) is 24.2 Å². The molecule has 0 heterocycles. The van der Waals surface area contributed by atoms with Gasteiger partial charge in [0, 0.05) is 32.5 Å². The van der Waals surface area contributed by atoms with Crippen LogP contribution in [0.15, 0.2) is 0 Å². The zero-order valence-corrected chi connectivity index (χ0v) is 12.5. The predicted octanol–water partition coefficient (Wildman–Crippen LogP) is 0.830. The Morgan fingerprint density at radius 3 is 2.16 bits per heavy atom. The molecule has 19 heavy (non-hydrogen) atoms. The minimum absolute atomic E-state index is 0. The van der Waals surface area contributed by atoms with Crippen LogP contribution >= 0.6 is 12.4 Å². The van der Waals surface area contributed by atoms with E-state index in [0.717, 1.165) is 0 Å². The fourth-order valence-electron chi connectivity index (χ4n) is 2.28. The van der Waals surface area contributed by atoms with E-state index in [1.54, 1.807) is 0 Å².